The van der Waals surface area contributed by atoms with E-state index in [4.69, 9.17) is 31.4 Å². The molecule has 0 spiro atoms. The summed E-state index contributed by atoms with van der Waals surface area (Å²) in [5, 5.41) is 26.3. The molecule has 4 atom stereocenters. The molecule has 2 fully saturated rings. The zero-order valence-corrected chi connectivity index (χ0v) is 36.2. The van der Waals surface area contributed by atoms with Crippen LogP contribution in [0.1, 0.15) is 121 Å². The fourth-order valence-corrected chi connectivity index (χ4v) is 10.9. The first-order chi connectivity index (χ1) is 30.2. The highest BCUT2D eigenvalue weighted by molar-refractivity contribution is 5.58. The monoisotopic (exact) mass is 839 g/mol. The zero-order chi connectivity index (χ0) is 42.5. The highest BCUT2D eigenvalue weighted by Gasteiger charge is 2.37. The highest BCUT2D eigenvalue weighted by Crippen LogP contribution is 2.41. The number of nitrogens with two attached hydrogens (primary N) is 2. The van der Waals surface area contributed by atoms with Crippen molar-refractivity contribution in [2.75, 3.05) is 50.1 Å². The maximum absolute atomic E-state index is 13.1. The van der Waals surface area contributed by atoms with Crippen molar-refractivity contribution in [3.05, 3.63) is 118 Å². The molecule has 6 aromatic rings. The van der Waals surface area contributed by atoms with E-state index in [1.165, 1.54) is 11.1 Å². The fraction of sp³-hybridized carbons (Fsp3) is 0.500. The predicted octanol–water partition coefficient (Wildman–Crippen LogP) is 5.41. The van der Waals surface area contributed by atoms with E-state index in [1.54, 1.807) is 0 Å². The van der Waals surface area contributed by atoms with Gasteiger partial charge in [-0.15, -0.1) is 0 Å². The minimum absolute atomic E-state index is 0.100. The first kappa shape index (κ1) is 41.1. The van der Waals surface area contributed by atoms with Crippen LogP contribution in [0.2, 0.25) is 0 Å². The van der Waals surface area contributed by atoms with Gasteiger partial charge in [0.2, 0.25) is 0 Å². The Balaban J connectivity index is 1.09. The summed E-state index contributed by atoms with van der Waals surface area (Å²) in [4.78, 5) is 29.6. The van der Waals surface area contributed by atoms with E-state index >= 15 is 0 Å². The van der Waals surface area contributed by atoms with E-state index in [9.17, 15) is 10.2 Å². The van der Waals surface area contributed by atoms with Crippen molar-refractivity contribution in [3.63, 3.8) is 0 Å². The third kappa shape index (κ3) is 7.64. The van der Waals surface area contributed by atoms with Crippen LogP contribution >= 0.6 is 0 Å². The van der Waals surface area contributed by atoms with Crippen molar-refractivity contribution in [1.29, 1.82) is 0 Å². The second-order valence-corrected chi connectivity index (χ2v) is 18.3. The Labute approximate surface area is 364 Å². The molecular formula is C48H62N12O2. The minimum atomic E-state index is -1.36. The van der Waals surface area contributed by atoms with Gasteiger partial charge in [-0.25, -0.2) is 9.97 Å². The number of nitrogens with zero attached hydrogens (tertiary/aromatic N) is 10. The molecule has 0 radical (unpaired) electrons. The van der Waals surface area contributed by atoms with Crippen molar-refractivity contribution >= 4 is 22.9 Å². The Bertz CT molecular complexity index is 2350. The lowest BCUT2D eigenvalue weighted by atomic mass is 9.91. The van der Waals surface area contributed by atoms with Crippen LogP contribution in [0, 0.1) is 0 Å². The molecule has 0 aromatic carbocycles. The van der Waals surface area contributed by atoms with Crippen LogP contribution in [0.3, 0.4) is 0 Å². The number of anilines is 2. The average molecular weight is 839 g/mol. The molecule has 6 aromatic heterocycles. The SMILES string of the molecule is CN(Cc1nc2cccc(N3CCC(N)CC3)n2c1C(O)C(O)c1c(CN(C)[C@H]2CCCc3cccnc32)nc2cccc(N3CCC(N)CC3)n12)[C@H]1CCCc2cccnc21. The molecule has 10 rings (SSSR count). The second-order valence-electron chi connectivity index (χ2n) is 18.3. The number of aromatic nitrogens is 6. The number of aliphatic hydroxyl groups is 2. The molecule has 0 amide bonds. The lowest BCUT2D eigenvalue weighted by molar-refractivity contribution is 0.00896. The number of pyridine rings is 4. The number of piperidine rings is 2. The number of imidazole rings is 2. The maximum Gasteiger partial charge on any atom is 0.138 e. The Hall–Kier alpha value is -4.96. The van der Waals surface area contributed by atoms with E-state index in [1.807, 2.05) is 48.8 Å². The molecule has 14 nitrogen and oxygen atoms in total. The van der Waals surface area contributed by atoms with Gasteiger partial charge in [0.25, 0.3) is 0 Å². The topological polar surface area (TPSA) is 166 Å². The number of fused-ring (bicyclic) bond motifs is 4. The Morgan fingerprint density at radius 1 is 0.597 bits per heavy atom. The second kappa shape index (κ2) is 17.3. The zero-order valence-electron chi connectivity index (χ0n) is 36.2. The van der Waals surface area contributed by atoms with Crippen LogP contribution in [-0.2, 0) is 25.9 Å². The van der Waals surface area contributed by atoms with Gasteiger partial charge >= 0.3 is 0 Å². The molecule has 62 heavy (non-hydrogen) atoms. The van der Waals surface area contributed by atoms with Crippen LogP contribution in [-0.4, -0.2) is 101 Å². The van der Waals surface area contributed by atoms with Crippen LogP contribution in [0.5, 0.6) is 0 Å². The number of hydrogen-bond acceptors (Lipinski definition) is 12. The lowest BCUT2D eigenvalue weighted by Crippen LogP contribution is -2.40. The number of aryl methyl sites for hydroxylation is 2. The molecule has 14 heteroatoms. The summed E-state index contributed by atoms with van der Waals surface area (Å²) in [5.74, 6) is 1.88. The summed E-state index contributed by atoms with van der Waals surface area (Å²) in [6.07, 6.45) is 10.7. The quantitative estimate of drug-likeness (QED) is 0.131. The first-order valence-corrected chi connectivity index (χ1v) is 22.9. The Kier molecular flexibility index (Phi) is 11.5. The van der Waals surface area contributed by atoms with Gasteiger partial charge in [-0.1, -0.05) is 24.3 Å². The molecule has 4 aliphatic rings. The summed E-state index contributed by atoms with van der Waals surface area (Å²) in [5.41, 5.74) is 21.7. The smallest absolute Gasteiger partial charge is 0.138 e. The predicted molar refractivity (Wildman–Crippen MR) is 242 cm³/mol. The van der Waals surface area contributed by atoms with Gasteiger partial charge in [0.1, 0.15) is 35.1 Å². The number of hydrogen-bond donors (Lipinski definition) is 4. The van der Waals surface area contributed by atoms with Crippen LogP contribution in [0.15, 0.2) is 73.1 Å². The van der Waals surface area contributed by atoms with Crippen molar-refractivity contribution in [2.45, 2.75) is 114 Å². The summed E-state index contributed by atoms with van der Waals surface area (Å²) in [6.45, 7) is 4.10. The lowest BCUT2D eigenvalue weighted by Gasteiger charge is -2.34. The van der Waals surface area contributed by atoms with E-state index in [2.05, 4.69) is 66.8 Å². The third-order valence-corrected chi connectivity index (χ3v) is 14.2. The van der Waals surface area contributed by atoms with Crippen molar-refractivity contribution < 1.29 is 10.2 Å². The molecule has 8 heterocycles. The first-order valence-electron chi connectivity index (χ1n) is 22.9. The highest BCUT2D eigenvalue weighted by atomic mass is 16.3. The minimum Gasteiger partial charge on any atom is -0.384 e. The van der Waals surface area contributed by atoms with E-state index in [0.717, 1.165) is 136 Å². The molecule has 0 saturated carbocycles. The Morgan fingerprint density at radius 3 is 1.44 bits per heavy atom. The molecule has 2 saturated heterocycles. The molecule has 326 valence electrons. The molecule has 2 aliphatic carbocycles. The summed E-state index contributed by atoms with van der Waals surface area (Å²) in [7, 11) is 4.26. The summed E-state index contributed by atoms with van der Waals surface area (Å²) < 4.78 is 4.18. The van der Waals surface area contributed by atoms with Gasteiger partial charge in [0.05, 0.1) is 46.2 Å². The summed E-state index contributed by atoms with van der Waals surface area (Å²) in [6, 6.07) is 21.3. The van der Waals surface area contributed by atoms with E-state index < -0.39 is 12.2 Å². The fourth-order valence-electron chi connectivity index (χ4n) is 10.9. The molecule has 2 unspecified atom stereocenters. The van der Waals surface area contributed by atoms with Crippen molar-refractivity contribution in [2.24, 2.45) is 11.5 Å². The van der Waals surface area contributed by atoms with Gasteiger partial charge in [0, 0.05) is 63.7 Å². The molecule has 6 N–H and O–H groups in total. The standard InChI is InChI=1S/C48H62N12O2/c1-55(37-13-3-9-31-11-7-23-51-43(31)37)29-35-45(59-39(53-35)15-5-17-41(59)57-25-19-33(49)20-26-57)47(61)48(62)46-36(30-56(2)38-14-4-10-32-12-8-24-52-44(32)38)54-40-16-6-18-42(60(40)46)58-27-21-34(50)22-28-58/h5-8,11-12,15-18,23-24,33-34,37-38,47-48,61-62H,3-4,9-10,13-14,19-22,25-30,49-50H2,1-2H3/t37-,38-,47?,48?/m0/s1. The van der Waals surface area contributed by atoms with Crippen molar-refractivity contribution in [3.8, 4) is 0 Å². The molecule has 2 aliphatic heterocycles. The Morgan fingerprint density at radius 2 is 1.02 bits per heavy atom. The van der Waals surface area contributed by atoms with Crippen molar-refractivity contribution in [1.82, 2.24) is 38.5 Å². The van der Waals surface area contributed by atoms with Gasteiger partial charge in [-0.3, -0.25) is 28.6 Å². The third-order valence-electron chi connectivity index (χ3n) is 14.2. The number of aliphatic hydroxyl groups excluding tert-OH is 2. The molecular weight excluding hydrogens is 777 g/mol. The number of rotatable bonds is 11. The maximum atomic E-state index is 13.1. The van der Waals surface area contributed by atoms with Gasteiger partial charge in [-0.2, -0.15) is 0 Å². The van der Waals surface area contributed by atoms with Gasteiger partial charge < -0.3 is 31.5 Å². The van der Waals surface area contributed by atoms with E-state index in [0.29, 0.717) is 24.5 Å². The normalized spacial score (nSPS) is 21.2. The van der Waals surface area contributed by atoms with E-state index in [-0.39, 0.29) is 24.2 Å². The van der Waals surface area contributed by atoms with Crippen LogP contribution in [0.4, 0.5) is 11.6 Å². The van der Waals surface area contributed by atoms with Crippen LogP contribution < -0.4 is 21.3 Å². The van der Waals surface area contributed by atoms with Gasteiger partial charge in [0.15, 0.2) is 0 Å². The molecule has 0 bridgehead atoms. The van der Waals surface area contributed by atoms with Crippen LogP contribution in [0.25, 0.3) is 11.3 Å². The summed E-state index contributed by atoms with van der Waals surface area (Å²) >= 11 is 0. The average Bonchev–Trinajstić information content (AvgIpc) is 3.86. The van der Waals surface area contributed by atoms with Gasteiger partial charge in [-0.05, 0) is 126 Å². The largest absolute Gasteiger partial charge is 0.384 e.